The number of rotatable bonds is 9. The first-order valence-electron chi connectivity index (χ1n) is 17.7. The van der Waals surface area contributed by atoms with Crippen molar-refractivity contribution in [3.63, 3.8) is 0 Å². The van der Waals surface area contributed by atoms with E-state index in [4.69, 9.17) is 26.2 Å². The first-order chi connectivity index (χ1) is 25.6. The van der Waals surface area contributed by atoms with Crippen LogP contribution < -0.4 is 28.5 Å². The molecular weight excluding hydrogens is 762 g/mol. The van der Waals surface area contributed by atoms with Crippen LogP contribution in [0.2, 0.25) is 10.1 Å². The number of nitrogens with zero attached hydrogens (tertiary/aromatic N) is 4. The third-order valence-corrected chi connectivity index (χ3v) is 17.7. The Hall–Kier alpha value is -4.75. The van der Waals surface area contributed by atoms with Gasteiger partial charge in [-0.1, -0.05) is 0 Å². The van der Waals surface area contributed by atoms with E-state index in [-0.39, 0.29) is 10.9 Å². The van der Waals surface area contributed by atoms with E-state index >= 15 is 4.39 Å². The molecule has 53 heavy (non-hydrogen) atoms. The van der Waals surface area contributed by atoms with Crippen LogP contribution in [-0.2, 0) is 4.79 Å². The molecule has 0 spiro atoms. The fourth-order valence-corrected chi connectivity index (χ4v) is 14.2. The summed E-state index contributed by atoms with van der Waals surface area (Å²) in [5.74, 6) is 0.622. The van der Waals surface area contributed by atoms with E-state index < -0.39 is 29.9 Å². The van der Waals surface area contributed by atoms with E-state index in [1.54, 1.807) is 11.0 Å². The fourth-order valence-electron chi connectivity index (χ4n) is 7.27. The molecule has 6 aromatic rings. The molecule has 10 heteroatoms. The van der Waals surface area contributed by atoms with E-state index in [9.17, 15) is 4.79 Å². The van der Waals surface area contributed by atoms with Gasteiger partial charge >= 0.3 is 325 Å². The maximum absolute atomic E-state index is 16.6. The van der Waals surface area contributed by atoms with Crippen LogP contribution in [0.3, 0.4) is 0 Å². The number of carbonyl (C=O) groups is 1. The number of anilines is 1. The van der Waals surface area contributed by atoms with Gasteiger partial charge in [0.2, 0.25) is 0 Å². The molecule has 0 bridgehead atoms. The molecule has 0 aliphatic carbocycles. The maximum atomic E-state index is 16.6. The second-order valence-corrected chi connectivity index (χ2v) is 21.5. The SMILES string of the molecule is C=CC(=O)N1CCN(c2nnc([AsH]c3ccccc3)c3cc(-c4c(F)cccc4O[Si](c4ccccc4)(c4ccccc4)C(C)(C)C)c(Cl)cc23)CC1. The van der Waals surface area contributed by atoms with Crippen LogP contribution in [0.4, 0.5) is 10.2 Å². The molecule has 1 aliphatic rings. The molecule has 2 heterocycles. The molecule has 268 valence electrons. The van der Waals surface area contributed by atoms with Crippen molar-refractivity contribution in [2.24, 2.45) is 0 Å². The Morgan fingerprint density at radius 2 is 1.43 bits per heavy atom. The standard InChI is InChI=1S/C43H41AsClFN4O2Si/c1-5-39(51)49-24-26-50(27-25-49)42-34-29-36(45)35(28-33(34)41(47-48-42)44-30-16-9-6-10-17-30)40-37(46)22-15-23-38(40)52-53(43(2,3)4,31-18-11-7-12-19-31)32-20-13-8-14-21-32/h5-23,28-29,44H,1,24-27H2,2-4H3. The Balaban J connectivity index is 1.41. The Morgan fingerprint density at radius 1 is 0.830 bits per heavy atom. The zero-order valence-electron chi connectivity index (χ0n) is 30.0. The summed E-state index contributed by atoms with van der Waals surface area (Å²) in [6.45, 7) is 12.5. The van der Waals surface area contributed by atoms with Crippen LogP contribution in [0, 0.1) is 5.82 Å². The molecule has 1 aliphatic heterocycles. The second-order valence-electron chi connectivity index (χ2n) is 14.1. The van der Waals surface area contributed by atoms with Crippen LogP contribution in [0.1, 0.15) is 20.8 Å². The average Bonchev–Trinajstić information content (AvgIpc) is 3.17. The Kier molecular flexibility index (Phi) is 10.6. The van der Waals surface area contributed by atoms with E-state index in [1.807, 2.05) is 72.8 Å². The van der Waals surface area contributed by atoms with Crippen LogP contribution in [0.25, 0.3) is 21.9 Å². The first kappa shape index (κ1) is 36.6. The van der Waals surface area contributed by atoms with Crippen LogP contribution in [0.15, 0.2) is 134 Å². The molecule has 7 rings (SSSR count). The van der Waals surface area contributed by atoms with Gasteiger partial charge in [-0.2, -0.15) is 0 Å². The molecule has 1 atom stereocenters. The number of aromatic nitrogens is 2. The summed E-state index contributed by atoms with van der Waals surface area (Å²) >= 11 is 6.33. The van der Waals surface area contributed by atoms with Crippen molar-refractivity contribution in [3.05, 3.63) is 145 Å². The van der Waals surface area contributed by atoms with Gasteiger partial charge in [-0.25, -0.2) is 0 Å². The summed E-state index contributed by atoms with van der Waals surface area (Å²) in [4.78, 5) is 16.3. The van der Waals surface area contributed by atoms with Crippen molar-refractivity contribution in [3.8, 4) is 16.9 Å². The van der Waals surface area contributed by atoms with Gasteiger partial charge in [-0.3, -0.25) is 0 Å². The number of hydrogen-bond donors (Lipinski definition) is 0. The normalized spacial score (nSPS) is 13.8. The van der Waals surface area contributed by atoms with Crippen LogP contribution >= 0.6 is 11.6 Å². The minimum absolute atomic E-state index is 0.0853. The minimum atomic E-state index is -3.13. The molecule has 1 aromatic heterocycles. The topological polar surface area (TPSA) is 58.6 Å². The summed E-state index contributed by atoms with van der Waals surface area (Å²) in [6, 6.07) is 39.9. The predicted molar refractivity (Wildman–Crippen MR) is 220 cm³/mol. The first-order valence-corrected chi connectivity index (χ1v) is 22.1. The van der Waals surface area contributed by atoms with E-state index in [0.717, 1.165) is 25.6 Å². The molecule has 1 unspecified atom stereocenters. The third kappa shape index (κ3) is 7.16. The predicted octanol–water partition coefficient (Wildman–Crippen LogP) is 6.25. The van der Waals surface area contributed by atoms with Gasteiger partial charge in [0.1, 0.15) is 0 Å². The Bertz CT molecular complexity index is 2230. The second kappa shape index (κ2) is 15.3. The number of hydrogen-bond acceptors (Lipinski definition) is 5. The van der Waals surface area contributed by atoms with Crippen molar-refractivity contribution in [2.75, 3.05) is 31.1 Å². The van der Waals surface area contributed by atoms with Gasteiger partial charge < -0.3 is 0 Å². The fraction of sp³-hybridized carbons (Fsp3) is 0.186. The molecular formula is C43H41AsClFN4O2Si. The molecule has 1 amide bonds. The molecule has 0 N–H and O–H groups in total. The zero-order valence-corrected chi connectivity index (χ0v) is 33.9. The summed E-state index contributed by atoms with van der Waals surface area (Å²) in [5, 5.41) is 13.5. The molecule has 5 aromatic carbocycles. The van der Waals surface area contributed by atoms with E-state index in [0.29, 0.717) is 53.9 Å². The number of carbonyl (C=O) groups excluding carboxylic acids is 1. The van der Waals surface area contributed by atoms with Crippen molar-refractivity contribution >= 4 is 77.4 Å². The Labute approximate surface area is 323 Å². The van der Waals surface area contributed by atoms with E-state index in [2.05, 4.69) is 68.6 Å². The Morgan fingerprint density at radius 3 is 2.02 bits per heavy atom. The monoisotopic (exact) mass is 802 g/mol. The molecule has 0 radical (unpaired) electrons. The van der Waals surface area contributed by atoms with Crippen molar-refractivity contribution in [2.45, 2.75) is 25.8 Å². The molecule has 6 nitrogen and oxygen atoms in total. The van der Waals surface area contributed by atoms with E-state index in [1.165, 1.54) is 16.5 Å². The number of piperazine rings is 1. The van der Waals surface area contributed by atoms with Gasteiger partial charge in [-0.05, 0) is 0 Å². The van der Waals surface area contributed by atoms with Crippen LogP contribution in [-0.4, -0.2) is 71.3 Å². The summed E-state index contributed by atoms with van der Waals surface area (Å²) < 4.78 is 26.1. The summed E-state index contributed by atoms with van der Waals surface area (Å²) in [5.41, 5.74) is 0.847. The summed E-state index contributed by atoms with van der Waals surface area (Å²) in [7, 11) is -3.13. The summed E-state index contributed by atoms with van der Waals surface area (Å²) in [6.07, 6.45) is 1.35. The quantitative estimate of drug-likeness (QED) is 0.128. The molecule has 1 fully saturated rings. The van der Waals surface area contributed by atoms with Gasteiger partial charge in [-0.15, -0.1) is 0 Å². The van der Waals surface area contributed by atoms with Crippen LogP contribution in [0.5, 0.6) is 5.75 Å². The molecule has 1 saturated heterocycles. The van der Waals surface area contributed by atoms with Crippen molar-refractivity contribution in [1.82, 2.24) is 15.1 Å². The van der Waals surface area contributed by atoms with Crippen molar-refractivity contribution < 1.29 is 13.6 Å². The third-order valence-electron chi connectivity index (χ3n) is 9.87. The average molecular weight is 803 g/mol. The molecule has 0 saturated carbocycles. The number of benzene rings is 5. The number of halogens is 2. The van der Waals surface area contributed by atoms with Gasteiger partial charge in [0.05, 0.1) is 0 Å². The van der Waals surface area contributed by atoms with Gasteiger partial charge in [0.25, 0.3) is 0 Å². The van der Waals surface area contributed by atoms with Gasteiger partial charge in [0.15, 0.2) is 0 Å². The number of amides is 1. The van der Waals surface area contributed by atoms with Crippen molar-refractivity contribution in [1.29, 1.82) is 0 Å². The zero-order chi connectivity index (χ0) is 37.2. The number of fused-ring (bicyclic) bond motifs is 1. The van der Waals surface area contributed by atoms with Gasteiger partial charge in [0, 0.05) is 0 Å².